The van der Waals surface area contributed by atoms with E-state index in [4.69, 9.17) is 4.42 Å². The van der Waals surface area contributed by atoms with Crippen molar-refractivity contribution in [2.75, 3.05) is 26.2 Å². The van der Waals surface area contributed by atoms with Gasteiger partial charge >= 0.3 is 0 Å². The molecule has 1 aliphatic heterocycles. The third-order valence-electron chi connectivity index (χ3n) is 6.10. The summed E-state index contributed by atoms with van der Waals surface area (Å²) in [5, 5.41) is 0. The fourth-order valence-electron chi connectivity index (χ4n) is 3.88. The average molecular weight is 389 g/mol. The highest BCUT2D eigenvalue weighted by molar-refractivity contribution is 5.95. The summed E-state index contributed by atoms with van der Waals surface area (Å²) in [6.07, 6.45) is 3.60. The lowest BCUT2D eigenvalue weighted by atomic mass is 10.1. The Morgan fingerprint density at radius 2 is 1.62 bits per heavy atom. The van der Waals surface area contributed by atoms with E-state index in [0.29, 0.717) is 31.7 Å². The highest BCUT2D eigenvalue weighted by Gasteiger charge is 2.47. The van der Waals surface area contributed by atoms with Crippen molar-refractivity contribution in [3.63, 3.8) is 0 Å². The van der Waals surface area contributed by atoms with Crippen LogP contribution in [0.4, 0.5) is 0 Å². The molecule has 2 amide bonds. The standard InChI is InChI=1S/C23H23N3O3/c1-23(9-10-23)22(28)26-13-11-25(12-14-26)21(27)17-4-2-16(3-5-17)18-6-7-20-19(24-18)8-15-29-20/h2-8,15H,9-14H2,1H3. The molecule has 6 heteroatoms. The van der Waals surface area contributed by atoms with Gasteiger partial charge in [-0.2, -0.15) is 0 Å². The van der Waals surface area contributed by atoms with Crippen LogP contribution in [0.15, 0.2) is 53.1 Å². The number of piperazine rings is 1. The monoisotopic (exact) mass is 389 g/mol. The lowest BCUT2D eigenvalue weighted by molar-refractivity contribution is -0.137. The molecule has 0 N–H and O–H groups in total. The third-order valence-corrected chi connectivity index (χ3v) is 6.10. The Balaban J connectivity index is 1.25. The van der Waals surface area contributed by atoms with Crippen molar-refractivity contribution in [1.29, 1.82) is 0 Å². The molecule has 0 atom stereocenters. The van der Waals surface area contributed by atoms with Crippen LogP contribution in [0.3, 0.4) is 0 Å². The first-order valence-electron chi connectivity index (χ1n) is 10.1. The van der Waals surface area contributed by atoms with Crippen molar-refractivity contribution < 1.29 is 14.0 Å². The number of benzene rings is 1. The Hall–Kier alpha value is -3.15. The van der Waals surface area contributed by atoms with Gasteiger partial charge in [-0.05, 0) is 37.1 Å². The SMILES string of the molecule is CC1(C(=O)N2CCN(C(=O)c3ccc(-c4ccc5occc5n4)cc3)CC2)CC1. The molecule has 2 aromatic heterocycles. The fraction of sp³-hybridized carbons (Fsp3) is 0.348. The van der Waals surface area contributed by atoms with Crippen LogP contribution in [0, 0.1) is 5.41 Å². The van der Waals surface area contributed by atoms with E-state index in [1.54, 1.807) is 6.26 Å². The van der Waals surface area contributed by atoms with Crippen LogP contribution in [0.5, 0.6) is 0 Å². The lowest BCUT2D eigenvalue weighted by Gasteiger charge is -2.36. The van der Waals surface area contributed by atoms with E-state index >= 15 is 0 Å². The molecule has 0 radical (unpaired) electrons. The highest BCUT2D eigenvalue weighted by Crippen LogP contribution is 2.46. The van der Waals surface area contributed by atoms with Crippen LogP contribution in [-0.4, -0.2) is 52.8 Å². The molecule has 5 rings (SSSR count). The zero-order valence-corrected chi connectivity index (χ0v) is 16.4. The summed E-state index contributed by atoms with van der Waals surface area (Å²) in [4.78, 5) is 33.7. The summed E-state index contributed by atoms with van der Waals surface area (Å²) in [7, 11) is 0. The number of pyridine rings is 1. The molecule has 3 heterocycles. The van der Waals surface area contributed by atoms with Crippen molar-refractivity contribution in [3.8, 4) is 11.3 Å². The normalized spacial score (nSPS) is 18.1. The van der Waals surface area contributed by atoms with E-state index in [9.17, 15) is 9.59 Å². The van der Waals surface area contributed by atoms with E-state index in [2.05, 4.69) is 4.98 Å². The van der Waals surface area contributed by atoms with Gasteiger partial charge < -0.3 is 14.2 Å². The molecule has 0 spiro atoms. The molecule has 29 heavy (non-hydrogen) atoms. The summed E-state index contributed by atoms with van der Waals surface area (Å²) in [6, 6.07) is 13.2. The van der Waals surface area contributed by atoms with Crippen molar-refractivity contribution in [2.45, 2.75) is 19.8 Å². The smallest absolute Gasteiger partial charge is 0.253 e. The van der Waals surface area contributed by atoms with Crippen LogP contribution >= 0.6 is 0 Å². The van der Waals surface area contributed by atoms with Crippen LogP contribution in [0.25, 0.3) is 22.4 Å². The average Bonchev–Trinajstić information content (AvgIpc) is 3.34. The van der Waals surface area contributed by atoms with E-state index in [0.717, 1.165) is 35.2 Å². The number of carbonyl (C=O) groups is 2. The molecular weight excluding hydrogens is 366 g/mol. The largest absolute Gasteiger partial charge is 0.463 e. The summed E-state index contributed by atoms with van der Waals surface area (Å²) < 4.78 is 5.33. The van der Waals surface area contributed by atoms with Gasteiger partial charge in [0, 0.05) is 48.8 Å². The number of rotatable bonds is 3. The Kier molecular flexibility index (Phi) is 4.15. The van der Waals surface area contributed by atoms with Gasteiger partial charge in [-0.1, -0.05) is 19.1 Å². The van der Waals surface area contributed by atoms with Crippen LogP contribution < -0.4 is 0 Å². The number of hydrogen-bond donors (Lipinski definition) is 0. The minimum atomic E-state index is -0.143. The first-order valence-corrected chi connectivity index (χ1v) is 10.1. The minimum absolute atomic E-state index is 0.0135. The van der Waals surface area contributed by atoms with Gasteiger partial charge in [0.15, 0.2) is 5.58 Å². The molecule has 6 nitrogen and oxygen atoms in total. The summed E-state index contributed by atoms with van der Waals surface area (Å²) in [5.41, 5.74) is 3.89. The van der Waals surface area contributed by atoms with Gasteiger partial charge in [-0.15, -0.1) is 0 Å². The highest BCUT2D eigenvalue weighted by atomic mass is 16.3. The van der Waals surface area contributed by atoms with Crippen LogP contribution in [0.2, 0.25) is 0 Å². The van der Waals surface area contributed by atoms with Crippen molar-refractivity contribution in [2.24, 2.45) is 5.41 Å². The van der Waals surface area contributed by atoms with Gasteiger partial charge in [-0.25, -0.2) is 4.98 Å². The topological polar surface area (TPSA) is 66.7 Å². The number of fused-ring (bicyclic) bond motifs is 1. The van der Waals surface area contributed by atoms with Crippen molar-refractivity contribution in [3.05, 3.63) is 54.3 Å². The Morgan fingerprint density at radius 1 is 0.931 bits per heavy atom. The van der Waals surface area contributed by atoms with Crippen LogP contribution in [-0.2, 0) is 4.79 Å². The molecule has 2 fully saturated rings. The molecule has 1 aromatic carbocycles. The second kappa shape index (κ2) is 6.72. The Morgan fingerprint density at radius 3 is 2.31 bits per heavy atom. The summed E-state index contributed by atoms with van der Waals surface area (Å²) in [5.74, 6) is 0.260. The van der Waals surface area contributed by atoms with Crippen molar-refractivity contribution >= 4 is 22.9 Å². The van der Waals surface area contributed by atoms with E-state index in [1.807, 2.05) is 59.2 Å². The molecule has 1 saturated carbocycles. The quantitative estimate of drug-likeness (QED) is 0.687. The number of carbonyl (C=O) groups excluding carboxylic acids is 2. The summed E-state index contributed by atoms with van der Waals surface area (Å²) >= 11 is 0. The molecule has 3 aromatic rings. The van der Waals surface area contributed by atoms with Crippen LogP contribution in [0.1, 0.15) is 30.1 Å². The predicted molar refractivity (Wildman–Crippen MR) is 109 cm³/mol. The third kappa shape index (κ3) is 3.28. The molecule has 1 aliphatic carbocycles. The van der Waals surface area contributed by atoms with E-state index < -0.39 is 0 Å². The first kappa shape index (κ1) is 17.9. The zero-order valence-electron chi connectivity index (χ0n) is 16.4. The second-order valence-corrected chi connectivity index (χ2v) is 8.22. The molecule has 0 bridgehead atoms. The second-order valence-electron chi connectivity index (χ2n) is 8.22. The number of amides is 2. The minimum Gasteiger partial charge on any atom is -0.463 e. The molecule has 148 valence electrons. The van der Waals surface area contributed by atoms with Gasteiger partial charge in [0.2, 0.25) is 5.91 Å². The van der Waals surface area contributed by atoms with E-state index in [1.165, 1.54) is 0 Å². The first-order chi connectivity index (χ1) is 14.0. The maximum absolute atomic E-state index is 12.9. The maximum Gasteiger partial charge on any atom is 0.253 e. The number of nitrogens with zero attached hydrogens (tertiary/aromatic N) is 3. The Labute approximate surface area is 169 Å². The van der Waals surface area contributed by atoms with Gasteiger partial charge in [0.1, 0.15) is 5.52 Å². The predicted octanol–water partition coefficient (Wildman–Crippen LogP) is 3.58. The molecule has 0 unspecified atom stereocenters. The molecular formula is C23H23N3O3. The lowest BCUT2D eigenvalue weighted by Crippen LogP contribution is -2.52. The number of aromatic nitrogens is 1. The van der Waals surface area contributed by atoms with Crippen molar-refractivity contribution in [1.82, 2.24) is 14.8 Å². The Bertz CT molecular complexity index is 1070. The molecule has 1 saturated heterocycles. The maximum atomic E-state index is 12.9. The van der Waals surface area contributed by atoms with Gasteiger partial charge in [0.25, 0.3) is 5.91 Å². The van der Waals surface area contributed by atoms with E-state index in [-0.39, 0.29) is 17.2 Å². The van der Waals surface area contributed by atoms with Gasteiger partial charge in [-0.3, -0.25) is 9.59 Å². The molecule has 2 aliphatic rings. The number of hydrogen-bond acceptors (Lipinski definition) is 4. The zero-order chi connectivity index (χ0) is 20.0. The number of furan rings is 1. The summed E-state index contributed by atoms with van der Waals surface area (Å²) in [6.45, 7) is 4.44. The fourth-order valence-corrected chi connectivity index (χ4v) is 3.88. The van der Waals surface area contributed by atoms with Gasteiger partial charge in [0.05, 0.1) is 12.0 Å².